The van der Waals surface area contributed by atoms with Crippen molar-refractivity contribution in [2.24, 2.45) is 0 Å². The van der Waals surface area contributed by atoms with Crippen LogP contribution in [0.3, 0.4) is 0 Å². The summed E-state index contributed by atoms with van der Waals surface area (Å²) in [6.07, 6.45) is 0.517. The lowest BCUT2D eigenvalue weighted by Crippen LogP contribution is -2.37. The van der Waals surface area contributed by atoms with Crippen LogP contribution >= 0.6 is 11.6 Å². The summed E-state index contributed by atoms with van der Waals surface area (Å²) in [5.74, 6) is 0.121. The van der Waals surface area contributed by atoms with E-state index in [2.05, 4.69) is 4.90 Å². The van der Waals surface area contributed by atoms with Gasteiger partial charge in [0, 0.05) is 31.6 Å². The van der Waals surface area contributed by atoms with Gasteiger partial charge in [0.05, 0.1) is 18.2 Å². The fraction of sp³-hybridized carbons (Fsp3) is 0.500. The SMILES string of the molecule is Cc1ccc(Cl)c(C(=O)CCN2CCOCC2)c1. The maximum atomic E-state index is 12.1. The minimum atomic E-state index is 0.121. The smallest absolute Gasteiger partial charge is 0.165 e. The zero-order valence-corrected chi connectivity index (χ0v) is 11.4. The van der Waals surface area contributed by atoms with Crippen LogP contribution in [0.25, 0.3) is 0 Å². The van der Waals surface area contributed by atoms with E-state index in [1.165, 1.54) is 0 Å². The first-order valence-electron chi connectivity index (χ1n) is 6.26. The second-order valence-electron chi connectivity index (χ2n) is 4.61. The Kier molecular flexibility index (Phi) is 4.75. The van der Waals surface area contributed by atoms with E-state index in [0.29, 0.717) is 17.0 Å². The topological polar surface area (TPSA) is 29.5 Å². The number of ether oxygens (including phenoxy) is 1. The van der Waals surface area contributed by atoms with Gasteiger partial charge in [-0.15, -0.1) is 0 Å². The quantitative estimate of drug-likeness (QED) is 0.786. The summed E-state index contributed by atoms with van der Waals surface area (Å²) in [6.45, 7) is 6.10. The lowest BCUT2D eigenvalue weighted by molar-refractivity contribution is 0.0370. The monoisotopic (exact) mass is 267 g/mol. The lowest BCUT2D eigenvalue weighted by Gasteiger charge is -2.26. The lowest BCUT2D eigenvalue weighted by atomic mass is 10.1. The minimum Gasteiger partial charge on any atom is -0.379 e. The van der Waals surface area contributed by atoms with E-state index in [9.17, 15) is 4.79 Å². The summed E-state index contributed by atoms with van der Waals surface area (Å²) in [7, 11) is 0. The summed E-state index contributed by atoms with van der Waals surface area (Å²) in [6, 6.07) is 5.57. The van der Waals surface area contributed by atoms with Gasteiger partial charge in [-0.25, -0.2) is 0 Å². The van der Waals surface area contributed by atoms with Gasteiger partial charge in [0.1, 0.15) is 0 Å². The maximum absolute atomic E-state index is 12.1. The summed E-state index contributed by atoms with van der Waals surface area (Å²) in [5, 5.41) is 0.549. The Hall–Kier alpha value is -0.900. The van der Waals surface area contributed by atoms with Gasteiger partial charge in [-0.1, -0.05) is 23.2 Å². The molecule has 1 saturated heterocycles. The van der Waals surface area contributed by atoms with E-state index in [1.54, 1.807) is 6.07 Å². The molecular weight excluding hydrogens is 250 g/mol. The third-order valence-corrected chi connectivity index (χ3v) is 3.51. The molecule has 98 valence electrons. The molecule has 0 aliphatic carbocycles. The zero-order valence-electron chi connectivity index (χ0n) is 10.6. The number of ketones is 1. The molecule has 2 rings (SSSR count). The molecule has 1 heterocycles. The van der Waals surface area contributed by atoms with Crippen molar-refractivity contribution in [3.63, 3.8) is 0 Å². The highest BCUT2D eigenvalue weighted by atomic mass is 35.5. The van der Waals surface area contributed by atoms with Crippen LogP contribution in [0.5, 0.6) is 0 Å². The predicted molar refractivity (Wildman–Crippen MR) is 72.4 cm³/mol. The highest BCUT2D eigenvalue weighted by Gasteiger charge is 2.14. The van der Waals surface area contributed by atoms with E-state index in [4.69, 9.17) is 16.3 Å². The Morgan fingerprint density at radius 1 is 1.39 bits per heavy atom. The molecule has 0 N–H and O–H groups in total. The number of benzene rings is 1. The van der Waals surface area contributed by atoms with Gasteiger partial charge < -0.3 is 4.74 Å². The highest BCUT2D eigenvalue weighted by molar-refractivity contribution is 6.34. The highest BCUT2D eigenvalue weighted by Crippen LogP contribution is 2.19. The number of rotatable bonds is 4. The van der Waals surface area contributed by atoms with E-state index in [0.717, 1.165) is 38.4 Å². The molecule has 1 aliphatic rings. The molecule has 0 radical (unpaired) electrons. The average Bonchev–Trinajstić information content (AvgIpc) is 2.40. The minimum absolute atomic E-state index is 0.121. The molecule has 0 spiro atoms. The molecule has 4 heteroatoms. The normalized spacial score (nSPS) is 16.8. The molecule has 18 heavy (non-hydrogen) atoms. The Morgan fingerprint density at radius 2 is 2.11 bits per heavy atom. The molecule has 1 aromatic carbocycles. The Balaban J connectivity index is 1.92. The van der Waals surface area contributed by atoms with Crippen LogP contribution in [0.1, 0.15) is 22.3 Å². The van der Waals surface area contributed by atoms with Gasteiger partial charge in [0.2, 0.25) is 0 Å². The molecule has 1 aliphatic heterocycles. The molecule has 0 bridgehead atoms. The van der Waals surface area contributed by atoms with E-state index in [-0.39, 0.29) is 5.78 Å². The summed E-state index contributed by atoms with van der Waals surface area (Å²) >= 11 is 6.06. The van der Waals surface area contributed by atoms with Crippen LogP contribution in [0.4, 0.5) is 0 Å². The molecule has 0 aromatic heterocycles. The van der Waals surface area contributed by atoms with Gasteiger partial charge in [0.15, 0.2) is 5.78 Å². The molecule has 0 unspecified atom stereocenters. The van der Waals surface area contributed by atoms with Crippen LogP contribution in [0.2, 0.25) is 5.02 Å². The Bertz CT molecular complexity index is 428. The van der Waals surface area contributed by atoms with Crippen LogP contribution < -0.4 is 0 Å². The van der Waals surface area contributed by atoms with Crippen LogP contribution in [0.15, 0.2) is 18.2 Å². The van der Waals surface area contributed by atoms with E-state index in [1.807, 2.05) is 19.1 Å². The fourth-order valence-corrected chi connectivity index (χ4v) is 2.29. The maximum Gasteiger partial charge on any atom is 0.165 e. The van der Waals surface area contributed by atoms with Gasteiger partial charge in [0.25, 0.3) is 0 Å². The van der Waals surface area contributed by atoms with Crippen LogP contribution in [-0.4, -0.2) is 43.5 Å². The van der Waals surface area contributed by atoms with Gasteiger partial charge in [-0.2, -0.15) is 0 Å². The molecule has 0 saturated carbocycles. The third-order valence-electron chi connectivity index (χ3n) is 3.18. The first-order chi connectivity index (χ1) is 8.66. The Morgan fingerprint density at radius 3 is 2.83 bits per heavy atom. The number of hydrogen-bond donors (Lipinski definition) is 0. The number of morpholine rings is 1. The standard InChI is InChI=1S/C14H18ClNO2/c1-11-2-3-13(15)12(10-11)14(17)4-5-16-6-8-18-9-7-16/h2-3,10H,4-9H2,1H3. The predicted octanol–water partition coefficient (Wildman–Crippen LogP) is 2.55. The number of aryl methyl sites for hydroxylation is 1. The van der Waals surface area contributed by atoms with Gasteiger partial charge >= 0.3 is 0 Å². The van der Waals surface area contributed by atoms with Crippen molar-refractivity contribution in [1.82, 2.24) is 4.90 Å². The first kappa shape index (κ1) is 13.5. The fourth-order valence-electron chi connectivity index (χ4n) is 2.07. The van der Waals surface area contributed by atoms with E-state index >= 15 is 0 Å². The van der Waals surface area contributed by atoms with Gasteiger partial charge in [-0.05, 0) is 19.1 Å². The Labute approximate surface area is 113 Å². The summed E-state index contributed by atoms with van der Waals surface area (Å²) < 4.78 is 5.28. The van der Waals surface area contributed by atoms with Crippen molar-refractivity contribution in [2.45, 2.75) is 13.3 Å². The second-order valence-corrected chi connectivity index (χ2v) is 5.02. The summed E-state index contributed by atoms with van der Waals surface area (Å²) in [4.78, 5) is 14.4. The van der Waals surface area contributed by atoms with Crippen molar-refractivity contribution < 1.29 is 9.53 Å². The second kappa shape index (κ2) is 6.32. The van der Waals surface area contributed by atoms with Gasteiger partial charge in [-0.3, -0.25) is 9.69 Å². The number of hydrogen-bond acceptors (Lipinski definition) is 3. The molecular formula is C14H18ClNO2. The molecule has 1 aromatic rings. The first-order valence-corrected chi connectivity index (χ1v) is 6.64. The number of halogens is 1. The largest absolute Gasteiger partial charge is 0.379 e. The zero-order chi connectivity index (χ0) is 13.0. The van der Waals surface area contributed by atoms with Crippen molar-refractivity contribution >= 4 is 17.4 Å². The van der Waals surface area contributed by atoms with Crippen molar-refractivity contribution in [3.05, 3.63) is 34.3 Å². The average molecular weight is 268 g/mol. The number of carbonyl (C=O) groups is 1. The molecule has 0 amide bonds. The van der Waals surface area contributed by atoms with Crippen molar-refractivity contribution in [3.8, 4) is 0 Å². The number of carbonyl (C=O) groups excluding carboxylic acids is 1. The molecule has 1 fully saturated rings. The molecule has 0 atom stereocenters. The van der Waals surface area contributed by atoms with Crippen molar-refractivity contribution in [1.29, 1.82) is 0 Å². The number of Topliss-reactive ketones (excluding diaryl/α,β-unsaturated/α-hetero) is 1. The molecule has 3 nitrogen and oxygen atoms in total. The van der Waals surface area contributed by atoms with Crippen LogP contribution in [-0.2, 0) is 4.74 Å². The third kappa shape index (κ3) is 3.55. The summed E-state index contributed by atoms with van der Waals surface area (Å²) in [5.41, 5.74) is 1.71. The van der Waals surface area contributed by atoms with Crippen LogP contribution in [0, 0.1) is 6.92 Å². The van der Waals surface area contributed by atoms with E-state index < -0.39 is 0 Å². The van der Waals surface area contributed by atoms with Crippen molar-refractivity contribution in [2.75, 3.05) is 32.8 Å². The number of nitrogens with zero attached hydrogens (tertiary/aromatic N) is 1.